The number of ether oxygens (including phenoxy) is 1. The number of nitrogens with two attached hydrogens (primary N) is 1. The Hall–Kier alpha value is -0.770. The monoisotopic (exact) mass is 172 g/mol. The van der Waals surface area contributed by atoms with E-state index in [1.54, 1.807) is 4.90 Å². The lowest BCUT2D eigenvalue weighted by atomic mass is 10.2. The highest BCUT2D eigenvalue weighted by atomic mass is 16.6. The molecule has 1 heterocycles. The van der Waals surface area contributed by atoms with E-state index in [0.29, 0.717) is 6.61 Å². The molecule has 0 saturated carbocycles. The summed E-state index contributed by atoms with van der Waals surface area (Å²) < 4.78 is 4.87. The lowest BCUT2D eigenvalue weighted by molar-refractivity contribution is 0.0720. The van der Waals surface area contributed by atoms with Crippen molar-refractivity contribution in [2.75, 3.05) is 19.7 Å². The minimum Gasteiger partial charge on any atom is -0.449 e. The molecule has 0 radical (unpaired) electrons. The Morgan fingerprint density at radius 3 is 3.08 bits per heavy atom. The van der Waals surface area contributed by atoms with Crippen LogP contribution in [0.1, 0.15) is 19.8 Å². The molecule has 0 aromatic heterocycles. The summed E-state index contributed by atoms with van der Waals surface area (Å²) in [6, 6.07) is 0.153. The van der Waals surface area contributed by atoms with Crippen LogP contribution in [0.2, 0.25) is 0 Å². The molecule has 1 aliphatic heterocycles. The third-order valence-electron chi connectivity index (χ3n) is 1.91. The van der Waals surface area contributed by atoms with Crippen molar-refractivity contribution in [2.24, 2.45) is 5.73 Å². The van der Waals surface area contributed by atoms with Crippen molar-refractivity contribution in [2.45, 2.75) is 25.8 Å². The van der Waals surface area contributed by atoms with E-state index < -0.39 is 0 Å². The number of hydrogen-bond donors (Lipinski definition) is 1. The van der Waals surface area contributed by atoms with Crippen molar-refractivity contribution in [3.05, 3.63) is 0 Å². The van der Waals surface area contributed by atoms with E-state index in [4.69, 9.17) is 10.5 Å². The lowest BCUT2D eigenvalue weighted by Crippen LogP contribution is -2.39. The van der Waals surface area contributed by atoms with Gasteiger partial charge >= 0.3 is 6.09 Å². The maximum atomic E-state index is 11.1. The summed E-state index contributed by atoms with van der Waals surface area (Å²) in [4.78, 5) is 12.8. The quantitative estimate of drug-likeness (QED) is 0.677. The summed E-state index contributed by atoms with van der Waals surface area (Å²) in [5.74, 6) is 0. The number of amides is 1. The maximum absolute atomic E-state index is 11.1. The highest BCUT2D eigenvalue weighted by Gasteiger charge is 2.18. The zero-order chi connectivity index (χ0) is 8.97. The number of nitrogens with zero attached hydrogens (tertiary/aromatic N) is 1. The van der Waals surface area contributed by atoms with Crippen molar-refractivity contribution >= 4 is 6.09 Å². The minimum absolute atomic E-state index is 0.153. The Kier molecular flexibility index (Phi) is 3.34. The fourth-order valence-electron chi connectivity index (χ4n) is 1.16. The van der Waals surface area contributed by atoms with Crippen LogP contribution in [-0.2, 0) is 4.74 Å². The summed E-state index contributed by atoms with van der Waals surface area (Å²) >= 11 is 0. The molecule has 4 heteroatoms. The van der Waals surface area contributed by atoms with E-state index in [9.17, 15) is 4.79 Å². The second-order valence-corrected chi connectivity index (χ2v) is 3.22. The molecule has 0 aliphatic carbocycles. The third kappa shape index (κ3) is 2.70. The van der Waals surface area contributed by atoms with Gasteiger partial charge in [0.25, 0.3) is 0 Å². The Morgan fingerprint density at radius 1 is 1.75 bits per heavy atom. The van der Waals surface area contributed by atoms with Gasteiger partial charge in [-0.25, -0.2) is 4.79 Å². The van der Waals surface area contributed by atoms with Crippen LogP contribution in [0.3, 0.4) is 0 Å². The van der Waals surface area contributed by atoms with Gasteiger partial charge in [-0.05, 0) is 19.8 Å². The minimum atomic E-state index is -0.193. The Morgan fingerprint density at radius 2 is 2.50 bits per heavy atom. The van der Waals surface area contributed by atoms with Gasteiger partial charge in [0.15, 0.2) is 0 Å². The average molecular weight is 172 g/mol. The molecular formula is C8H16N2O2. The fraction of sp³-hybridized carbons (Fsp3) is 0.875. The summed E-state index contributed by atoms with van der Waals surface area (Å²) in [6.07, 6.45) is 1.58. The molecule has 1 saturated heterocycles. The molecule has 0 bridgehead atoms. The van der Waals surface area contributed by atoms with Crippen molar-refractivity contribution in [3.8, 4) is 0 Å². The first-order chi connectivity index (χ1) is 5.70. The van der Waals surface area contributed by atoms with Crippen molar-refractivity contribution < 1.29 is 9.53 Å². The third-order valence-corrected chi connectivity index (χ3v) is 1.91. The number of carbonyl (C=O) groups is 1. The van der Waals surface area contributed by atoms with Gasteiger partial charge in [0.1, 0.15) is 0 Å². The van der Waals surface area contributed by atoms with Crippen LogP contribution in [0.15, 0.2) is 0 Å². The molecule has 1 aliphatic rings. The molecule has 70 valence electrons. The van der Waals surface area contributed by atoms with Crippen LogP contribution in [-0.4, -0.2) is 36.7 Å². The molecule has 0 spiro atoms. The van der Waals surface area contributed by atoms with Gasteiger partial charge in [0.05, 0.1) is 6.61 Å². The van der Waals surface area contributed by atoms with Gasteiger partial charge in [0, 0.05) is 19.1 Å². The van der Waals surface area contributed by atoms with Gasteiger partial charge in [0.2, 0.25) is 0 Å². The molecular weight excluding hydrogens is 156 g/mol. The first-order valence-electron chi connectivity index (χ1n) is 4.37. The Labute approximate surface area is 72.7 Å². The molecule has 1 amide bonds. The van der Waals surface area contributed by atoms with Gasteiger partial charge in [-0.2, -0.15) is 0 Å². The lowest BCUT2D eigenvalue weighted by Gasteiger charge is -2.26. The predicted octanol–water partition coefficient (Wildman–Crippen LogP) is 0.566. The molecule has 1 unspecified atom stereocenters. The van der Waals surface area contributed by atoms with Gasteiger partial charge in [-0.3, -0.25) is 0 Å². The highest BCUT2D eigenvalue weighted by molar-refractivity contribution is 5.68. The smallest absolute Gasteiger partial charge is 0.409 e. The molecule has 4 nitrogen and oxygen atoms in total. The van der Waals surface area contributed by atoms with Crippen molar-refractivity contribution in [1.82, 2.24) is 4.90 Å². The van der Waals surface area contributed by atoms with Gasteiger partial charge in [-0.1, -0.05) is 0 Å². The average Bonchev–Trinajstić information content (AvgIpc) is 2.03. The second-order valence-electron chi connectivity index (χ2n) is 3.22. The summed E-state index contributed by atoms with van der Waals surface area (Å²) in [5, 5.41) is 0. The first kappa shape index (κ1) is 9.32. The Balaban J connectivity index is 2.25. The number of hydrogen-bond acceptors (Lipinski definition) is 3. The number of rotatable bonds is 3. The van der Waals surface area contributed by atoms with E-state index in [2.05, 4.69) is 0 Å². The first-order valence-corrected chi connectivity index (χ1v) is 4.37. The molecule has 1 fully saturated rings. The number of carbonyl (C=O) groups excluding carboxylic acids is 1. The van der Waals surface area contributed by atoms with Crippen LogP contribution in [0.25, 0.3) is 0 Å². The van der Waals surface area contributed by atoms with E-state index in [1.807, 2.05) is 6.92 Å². The zero-order valence-corrected chi connectivity index (χ0v) is 7.45. The van der Waals surface area contributed by atoms with E-state index in [-0.39, 0.29) is 12.1 Å². The summed E-state index contributed by atoms with van der Waals surface area (Å²) in [7, 11) is 0. The van der Waals surface area contributed by atoms with E-state index >= 15 is 0 Å². The zero-order valence-electron chi connectivity index (χ0n) is 7.45. The second kappa shape index (κ2) is 4.30. The van der Waals surface area contributed by atoms with Gasteiger partial charge in [-0.15, -0.1) is 0 Å². The van der Waals surface area contributed by atoms with Crippen molar-refractivity contribution in [1.29, 1.82) is 0 Å². The molecule has 0 aromatic rings. The SMILES string of the molecule is CC(N)CCN1CCCOC1=O. The summed E-state index contributed by atoms with van der Waals surface area (Å²) in [5.41, 5.74) is 5.58. The maximum Gasteiger partial charge on any atom is 0.409 e. The molecule has 1 atom stereocenters. The van der Waals surface area contributed by atoms with Crippen LogP contribution < -0.4 is 5.73 Å². The van der Waals surface area contributed by atoms with Crippen molar-refractivity contribution in [3.63, 3.8) is 0 Å². The molecule has 2 N–H and O–H groups in total. The van der Waals surface area contributed by atoms with Crippen LogP contribution in [0, 0.1) is 0 Å². The standard InChI is InChI=1S/C8H16N2O2/c1-7(9)3-5-10-4-2-6-12-8(10)11/h7H,2-6,9H2,1H3. The van der Waals surface area contributed by atoms with E-state index in [0.717, 1.165) is 25.9 Å². The Bertz CT molecular complexity index is 159. The van der Waals surface area contributed by atoms with Crippen LogP contribution >= 0.6 is 0 Å². The normalized spacial score (nSPS) is 20.5. The fourth-order valence-corrected chi connectivity index (χ4v) is 1.16. The number of cyclic esters (lactones) is 1. The molecule has 1 rings (SSSR count). The highest BCUT2D eigenvalue weighted by Crippen LogP contribution is 2.05. The molecule has 0 aromatic carbocycles. The largest absolute Gasteiger partial charge is 0.449 e. The van der Waals surface area contributed by atoms with Crippen LogP contribution in [0.4, 0.5) is 4.79 Å². The predicted molar refractivity (Wildman–Crippen MR) is 45.8 cm³/mol. The topological polar surface area (TPSA) is 55.6 Å². The van der Waals surface area contributed by atoms with Crippen LogP contribution in [0.5, 0.6) is 0 Å². The van der Waals surface area contributed by atoms with E-state index in [1.165, 1.54) is 0 Å². The summed E-state index contributed by atoms with van der Waals surface area (Å²) in [6.45, 7) is 4.03. The molecule has 12 heavy (non-hydrogen) atoms. The van der Waals surface area contributed by atoms with Gasteiger partial charge < -0.3 is 15.4 Å².